The van der Waals surface area contributed by atoms with Crippen molar-refractivity contribution in [2.45, 2.75) is 84.2 Å². The largest absolute Gasteiger partial charge is 0.494 e. The van der Waals surface area contributed by atoms with Gasteiger partial charge in [0.1, 0.15) is 23.4 Å². The lowest BCUT2D eigenvalue weighted by Gasteiger charge is -2.36. The molecule has 33 heavy (non-hydrogen) atoms. The average molecular weight is 449 g/mol. The Morgan fingerprint density at radius 2 is 1.55 bits per heavy atom. The standard InChI is InChI=1S/C30H40O3/c1-4-7-10-22-19-26-27-21-25(32-18-9-6-3)15-16-29(27)33-30(28(26)20-22)23-11-13-24(14-12-23)31-17-8-5-2/h10-16,21,26,28,30H,4-9,17-20H2,1-3H3/t26-,28-,30-/m0/s1. The number of hydrogen-bond donors (Lipinski definition) is 0. The fourth-order valence-corrected chi connectivity index (χ4v) is 5.11. The first kappa shape index (κ1) is 23.7. The number of benzene rings is 2. The van der Waals surface area contributed by atoms with Crippen molar-refractivity contribution >= 4 is 0 Å². The zero-order valence-corrected chi connectivity index (χ0v) is 20.6. The van der Waals surface area contributed by atoms with Crippen molar-refractivity contribution in [1.29, 1.82) is 0 Å². The predicted molar refractivity (Wildman–Crippen MR) is 136 cm³/mol. The van der Waals surface area contributed by atoms with Gasteiger partial charge in [0.05, 0.1) is 13.2 Å². The third-order valence-corrected chi connectivity index (χ3v) is 6.98. The molecule has 2 aliphatic rings. The van der Waals surface area contributed by atoms with Gasteiger partial charge in [0.15, 0.2) is 0 Å². The molecule has 2 aromatic carbocycles. The van der Waals surface area contributed by atoms with E-state index in [0.717, 1.165) is 75.4 Å². The summed E-state index contributed by atoms with van der Waals surface area (Å²) in [6.07, 6.45) is 11.6. The zero-order chi connectivity index (χ0) is 23.0. The van der Waals surface area contributed by atoms with Crippen molar-refractivity contribution in [2.24, 2.45) is 5.92 Å². The average Bonchev–Trinajstić information content (AvgIpc) is 3.28. The highest BCUT2D eigenvalue weighted by Crippen LogP contribution is 2.56. The Morgan fingerprint density at radius 3 is 2.24 bits per heavy atom. The van der Waals surface area contributed by atoms with Crippen LogP contribution in [-0.2, 0) is 0 Å². The molecule has 0 N–H and O–H groups in total. The predicted octanol–water partition coefficient (Wildman–Crippen LogP) is 8.40. The summed E-state index contributed by atoms with van der Waals surface area (Å²) in [5.41, 5.74) is 4.16. The van der Waals surface area contributed by atoms with E-state index in [-0.39, 0.29) is 6.10 Å². The molecule has 2 aromatic rings. The number of rotatable bonds is 11. The maximum Gasteiger partial charge on any atom is 0.127 e. The van der Waals surface area contributed by atoms with Gasteiger partial charge >= 0.3 is 0 Å². The van der Waals surface area contributed by atoms with Crippen molar-refractivity contribution in [3.05, 3.63) is 65.2 Å². The monoisotopic (exact) mass is 448 g/mol. The van der Waals surface area contributed by atoms with Crippen LogP contribution < -0.4 is 14.2 Å². The van der Waals surface area contributed by atoms with Crippen LogP contribution in [0.2, 0.25) is 0 Å². The molecule has 1 fully saturated rings. The molecule has 0 saturated heterocycles. The molecule has 0 aromatic heterocycles. The van der Waals surface area contributed by atoms with Gasteiger partial charge in [0.2, 0.25) is 0 Å². The Morgan fingerprint density at radius 1 is 0.848 bits per heavy atom. The molecular weight excluding hydrogens is 408 g/mol. The fourth-order valence-electron chi connectivity index (χ4n) is 5.11. The molecule has 4 rings (SSSR count). The molecule has 0 spiro atoms. The topological polar surface area (TPSA) is 27.7 Å². The lowest BCUT2D eigenvalue weighted by molar-refractivity contribution is 0.105. The fraction of sp³-hybridized carbons (Fsp3) is 0.533. The van der Waals surface area contributed by atoms with Crippen molar-refractivity contribution in [1.82, 2.24) is 0 Å². The minimum absolute atomic E-state index is 0.0755. The van der Waals surface area contributed by atoms with Crippen LogP contribution in [-0.4, -0.2) is 13.2 Å². The highest BCUT2D eigenvalue weighted by atomic mass is 16.5. The summed E-state index contributed by atoms with van der Waals surface area (Å²) in [6.45, 7) is 8.20. The Bertz CT molecular complexity index is 915. The maximum absolute atomic E-state index is 6.68. The summed E-state index contributed by atoms with van der Waals surface area (Å²) in [7, 11) is 0. The third-order valence-electron chi connectivity index (χ3n) is 6.98. The van der Waals surface area contributed by atoms with E-state index in [1.807, 2.05) is 0 Å². The highest BCUT2D eigenvalue weighted by Gasteiger charge is 2.43. The van der Waals surface area contributed by atoms with Crippen LogP contribution in [0.4, 0.5) is 0 Å². The first-order valence-electron chi connectivity index (χ1n) is 13.1. The highest BCUT2D eigenvalue weighted by molar-refractivity contribution is 5.47. The van der Waals surface area contributed by atoms with Gasteiger partial charge in [-0.15, -0.1) is 0 Å². The van der Waals surface area contributed by atoms with Crippen molar-refractivity contribution in [3.63, 3.8) is 0 Å². The molecule has 0 amide bonds. The molecule has 1 aliphatic carbocycles. The van der Waals surface area contributed by atoms with Crippen LogP contribution in [0.25, 0.3) is 0 Å². The second kappa shape index (κ2) is 11.6. The molecule has 1 heterocycles. The molecule has 0 bridgehead atoms. The normalized spacial score (nSPS) is 22.5. The van der Waals surface area contributed by atoms with Crippen LogP contribution in [0.1, 0.15) is 95.3 Å². The zero-order valence-electron chi connectivity index (χ0n) is 20.6. The summed E-state index contributed by atoms with van der Waals surface area (Å²) in [6, 6.07) is 15.0. The van der Waals surface area contributed by atoms with Gasteiger partial charge in [-0.2, -0.15) is 0 Å². The minimum atomic E-state index is 0.0755. The number of hydrogen-bond acceptors (Lipinski definition) is 3. The Hall–Kier alpha value is -2.42. The molecular formula is C30H40O3. The Kier molecular flexibility index (Phi) is 8.36. The van der Waals surface area contributed by atoms with Crippen LogP contribution in [0.15, 0.2) is 54.1 Å². The van der Waals surface area contributed by atoms with Gasteiger partial charge in [-0.3, -0.25) is 0 Å². The van der Waals surface area contributed by atoms with E-state index in [9.17, 15) is 0 Å². The molecule has 3 atom stereocenters. The Labute approximate surface area is 200 Å². The Balaban J connectivity index is 1.58. The van der Waals surface area contributed by atoms with Gasteiger partial charge in [-0.1, -0.05) is 63.8 Å². The number of ether oxygens (including phenoxy) is 3. The molecule has 3 heteroatoms. The minimum Gasteiger partial charge on any atom is -0.494 e. The second-order valence-corrected chi connectivity index (χ2v) is 9.54. The first-order valence-corrected chi connectivity index (χ1v) is 13.1. The van der Waals surface area contributed by atoms with Gasteiger partial charge in [0, 0.05) is 11.5 Å². The number of fused-ring (bicyclic) bond motifs is 3. The van der Waals surface area contributed by atoms with Crippen LogP contribution in [0.3, 0.4) is 0 Å². The quantitative estimate of drug-likeness (QED) is 0.255. The molecule has 1 saturated carbocycles. The van der Waals surface area contributed by atoms with Gasteiger partial charge in [-0.05, 0) is 73.9 Å². The SMILES string of the molecule is CCCC=C1C[C@H]2[C@@H](C1)c1cc(OCCCC)ccc1O[C@H]2c1ccc(OCCCC)cc1. The smallest absolute Gasteiger partial charge is 0.127 e. The second-order valence-electron chi connectivity index (χ2n) is 9.54. The van der Waals surface area contributed by atoms with E-state index in [0.29, 0.717) is 11.8 Å². The number of allylic oxidation sites excluding steroid dienone is 2. The van der Waals surface area contributed by atoms with Gasteiger partial charge in [-0.25, -0.2) is 0 Å². The maximum atomic E-state index is 6.68. The molecule has 3 nitrogen and oxygen atoms in total. The van der Waals surface area contributed by atoms with E-state index in [4.69, 9.17) is 14.2 Å². The summed E-state index contributed by atoms with van der Waals surface area (Å²) < 4.78 is 18.6. The summed E-state index contributed by atoms with van der Waals surface area (Å²) in [5.74, 6) is 3.88. The van der Waals surface area contributed by atoms with E-state index >= 15 is 0 Å². The molecule has 178 valence electrons. The lowest BCUT2D eigenvalue weighted by atomic mass is 9.80. The first-order chi connectivity index (χ1) is 16.2. The molecule has 1 aliphatic heterocycles. The molecule has 0 unspecified atom stereocenters. The van der Waals surface area contributed by atoms with Crippen molar-refractivity contribution in [3.8, 4) is 17.2 Å². The van der Waals surface area contributed by atoms with Gasteiger partial charge < -0.3 is 14.2 Å². The van der Waals surface area contributed by atoms with Crippen LogP contribution in [0.5, 0.6) is 17.2 Å². The van der Waals surface area contributed by atoms with Crippen molar-refractivity contribution < 1.29 is 14.2 Å². The van der Waals surface area contributed by atoms with E-state index in [1.165, 1.54) is 17.5 Å². The summed E-state index contributed by atoms with van der Waals surface area (Å²) in [4.78, 5) is 0. The van der Waals surface area contributed by atoms with Gasteiger partial charge in [0.25, 0.3) is 0 Å². The van der Waals surface area contributed by atoms with Crippen molar-refractivity contribution in [2.75, 3.05) is 13.2 Å². The summed E-state index contributed by atoms with van der Waals surface area (Å²) >= 11 is 0. The van der Waals surface area contributed by atoms with E-state index in [2.05, 4.69) is 69.3 Å². The van der Waals surface area contributed by atoms with Crippen LogP contribution >= 0.6 is 0 Å². The summed E-state index contributed by atoms with van der Waals surface area (Å²) in [5, 5.41) is 0. The van der Waals surface area contributed by atoms with E-state index < -0.39 is 0 Å². The van der Waals surface area contributed by atoms with Crippen LogP contribution in [0, 0.1) is 5.92 Å². The molecule has 0 radical (unpaired) electrons. The lowest BCUT2D eigenvalue weighted by Crippen LogP contribution is -2.26. The van der Waals surface area contributed by atoms with E-state index in [1.54, 1.807) is 5.57 Å². The number of unbranched alkanes of at least 4 members (excludes halogenated alkanes) is 3. The third kappa shape index (κ3) is 5.75.